The first-order chi connectivity index (χ1) is 7.12. The summed E-state index contributed by atoms with van der Waals surface area (Å²) >= 11 is 0. The summed E-state index contributed by atoms with van der Waals surface area (Å²) < 4.78 is 0. The van der Waals surface area contributed by atoms with E-state index in [0.717, 1.165) is 11.7 Å². The molecule has 0 N–H and O–H groups in total. The molecule has 1 heteroatoms. The van der Waals surface area contributed by atoms with Crippen LogP contribution < -0.4 is 0 Å². The maximum atomic E-state index is 2.42. The second-order valence-electron chi connectivity index (χ2n) is 5.96. The molecule has 0 heterocycles. The predicted molar refractivity (Wildman–Crippen MR) is 70.6 cm³/mol. The molecule has 1 rings (SSSR count). The van der Waals surface area contributed by atoms with Gasteiger partial charge in [0.1, 0.15) is 7.28 Å². The average molecular weight is 207 g/mol. The molecule has 0 aliphatic heterocycles. The van der Waals surface area contributed by atoms with Gasteiger partial charge in [-0.3, -0.25) is 0 Å². The molecular weight excluding hydrogens is 179 g/mol. The minimum Gasteiger partial charge on any atom is -0.0917 e. The highest BCUT2D eigenvalue weighted by Gasteiger charge is 2.32. The van der Waals surface area contributed by atoms with Crippen molar-refractivity contribution in [3.05, 3.63) is 0 Å². The monoisotopic (exact) mass is 207 g/mol. The van der Waals surface area contributed by atoms with Crippen LogP contribution in [-0.4, -0.2) is 7.28 Å². The number of rotatable bonds is 5. The molecule has 0 atom stereocenters. The second kappa shape index (κ2) is 5.96. The van der Waals surface area contributed by atoms with Crippen LogP contribution in [0.3, 0.4) is 0 Å². The fourth-order valence-electron chi connectivity index (χ4n) is 2.96. The third kappa shape index (κ3) is 3.85. The predicted octanol–water partition coefficient (Wildman–Crippen LogP) is 4.93. The van der Waals surface area contributed by atoms with E-state index < -0.39 is 0 Å². The summed E-state index contributed by atoms with van der Waals surface area (Å²) in [4.78, 5) is 0. The minimum atomic E-state index is 0.712. The van der Waals surface area contributed by atoms with E-state index in [4.69, 9.17) is 0 Å². The highest BCUT2D eigenvalue weighted by Crippen LogP contribution is 2.46. The average Bonchev–Trinajstić information content (AvgIpc) is 2.27. The molecule has 15 heavy (non-hydrogen) atoms. The smallest absolute Gasteiger partial charge is 0.0917 e. The van der Waals surface area contributed by atoms with Gasteiger partial charge in [0.25, 0.3) is 0 Å². The van der Waals surface area contributed by atoms with Crippen LogP contribution in [0.2, 0.25) is 12.6 Å². The van der Waals surface area contributed by atoms with E-state index in [1.54, 1.807) is 0 Å². The molecule has 1 aliphatic carbocycles. The second-order valence-corrected chi connectivity index (χ2v) is 5.96. The summed E-state index contributed by atoms with van der Waals surface area (Å²) in [6, 6.07) is 0. The van der Waals surface area contributed by atoms with Crippen LogP contribution in [0.15, 0.2) is 0 Å². The van der Waals surface area contributed by atoms with Crippen LogP contribution in [0.4, 0.5) is 0 Å². The molecule has 1 radical (unpaired) electrons. The Morgan fingerprint density at radius 1 is 1.27 bits per heavy atom. The molecule has 0 saturated heterocycles. The van der Waals surface area contributed by atoms with Crippen molar-refractivity contribution in [3.63, 3.8) is 0 Å². The number of hydrogen-bond acceptors (Lipinski definition) is 0. The van der Waals surface area contributed by atoms with Crippen molar-refractivity contribution in [2.75, 3.05) is 0 Å². The molecule has 0 aromatic rings. The summed E-state index contributed by atoms with van der Waals surface area (Å²) in [6.45, 7) is 9.34. The van der Waals surface area contributed by atoms with E-state index in [0.29, 0.717) is 5.41 Å². The van der Waals surface area contributed by atoms with Gasteiger partial charge in [0.15, 0.2) is 0 Å². The fourth-order valence-corrected chi connectivity index (χ4v) is 2.96. The van der Waals surface area contributed by atoms with E-state index in [1.165, 1.54) is 44.9 Å². The van der Waals surface area contributed by atoms with Crippen LogP contribution in [0.25, 0.3) is 0 Å². The summed E-state index contributed by atoms with van der Waals surface area (Å²) in [5.41, 5.74) is 0.712. The molecule has 0 bridgehead atoms. The Bertz CT molecular complexity index is 166. The van der Waals surface area contributed by atoms with Gasteiger partial charge >= 0.3 is 0 Å². The quantitative estimate of drug-likeness (QED) is 0.560. The van der Waals surface area contributed by atoms with Gasteiger partial charge in [-0.1, -0.05) is 59.1 Å². The van der Waals surface area contributed by atoms with Gasteiger partial charge in [-0.05, 0) is 30.6 Å². The molecule has 0 aromatic carbocycles. The minimum absolute atomic E-state index is 0.712. The van der Waals surface area contributed by atoms with Gasteiger partial charge in [0.2, 0.25) is 0 Å². The Labute approximate surface area is 97.5 Å². The number of hydrogen-bond donors (Lipinski definition) is 0. The van der Waals surface area contributed by atoms with Crippen molar-refractivity contribution >= 4 is 7.28 Å². The lowest BCUT2D eigenvalue weighted by Gasteiger charge is -2.40. The van der Waals surface area contributed by atoms with E-state index in [2.05, 4.69) is 34.9 Å². The zero-order chi connectivity index (χ0) is 11.3. The topological polar surface area (TPSA) is 0 Å². The third-order valence-corrected chi connectivity index (χ3v) is 4.56. The lowest BCUT2D eigenvalue weighted by Crippen LogP contribution is -2.26. The maximum absolute atomic E-state index is 2.42. The summed E-state index contributed by atoms with van der Waals surface area (Å²) in [5.74, 6) is 1.80. The van der Waals surface area contributed by atoms with Crippen LogP contribution in [0, 0.1) is 11.3 Å². The molecule has 0 nitrogen and oxygen atoms in total. The van der Waals surface area contributed by atoms with Crippen LogP contribution in [0.1, 0.15) is 65.7 Å². The highest BCUT2D eigenvalue weighted by atomic mass is 14.4. The van der Waals surface area contributed by atoms with Gasteiger partial charge in [-0.25, -0.2) is 0 Å². The van der Waals surface area contributed by atoms with Crippen molar-refractivity contribution in [1.82, 2.24) is 0 Å². The first kappa shape index (κ1) is 13.1. The Balaban J connectivity index is 2.41. The molecule has 0 amide bonds. The van der Waals surface area contributed by atoms with E-state index in [1.807, 2.05) is 0 Å². The van der Waals surface area contributed by atoms with Crippen molar-refractivity contribution in [1.29, 1.82) is 0 Å². The van der Waals surface area contributed by atoms with Gasteiger partial charge in [0, 0.05) is 0 Å². The maximum Gasteiger partial charge on any atom is 0.110 e. The molecule has 0 spiro atoms. The molecule has 1 aliphatic rings. The highest BCUT2D eigenvalue weighted by molar-refractivity contribution is 6.35. The van der Waals surface area contributed by atoms with Crippen molar-refractivity contribution < 1.29 is 0 Å². The summed E-state index contributed by atoms with van der Waals surface area (Å²) in [5, 5.41) is 0. The van der Waals surface area contributed by atoms with Crippen molar-refractivity contribution in [3.8, 4) is 0 Å². The van der Waals surface area contributed by atoms with Gasteiger partial charge < -0.3 is 0 Å². The van der Waals surface area contributed by atoms with Gasteiger partial charge in [-0.15, -0.1) is 0 Å². The molecule has 87 valence electrons. The standard InChI is InChI=1S/C14H28B/c1-5-14(9-6-12(2)3)10-7-13(15-4)8-11-14/h12-13H,5-11H2,1-4H3. The Morgan fingerprint density at radius 3 is 2.27 bits per heavy atom. The molecule has 0 unspecified atom stereocenters. The van der Waals surface area contributed by atoms with Crippen molar-refractivity contribution in [2.24, 2.45) is 11.3 Å². The molecule has 1 fully saturated rings. The Hall–Kier alpha value is 0.0649. The zero-order valence-electron chi connectivity index (χ0n) is 11.2. The zero-order valence-corrected chi connectivity index (χ0v) is 11.2. The Morgan fingerprint density at radius 2 is 1.87 bits per heavy atom. The molecule has 0 aromatic heterocycles. The Kier molecular flexibility index (Phi) is 5.22. The van der Waals surface area contributed by atoms with E-state index in [-0.39, 0.29) is 0 Å². The van der Waals surface area contributed by atoms with Crippen molar-refractivity contribution in [2.45, 2.75) is 78.4 Å². The van der Waals surface area contributed by atoms with Gasteiger partial charge in [-0.2, -0.15) is 0 Å². The van der Waals surface area contributed by atoms with Crippen LogP contribution in [-0.2, 0) is 0 Å². The SMILES string of the molecule is C[B]C1CCC(CC)(CCC(C)C)CC1. The van der Waals surface area contributed by atoms with Gasteiger partial charge in [0.05, 0.1) is 0 Å². The lowest BCUT2D eigenvalue weighted by atomic mass is 9.55. The largest absolute Gasteiger partial charge is 0.110 e. The normalized spacial score (nSPS) is 31.9. The lowest BCUT2D eigenvalue weighted by molar-refractivity contribution is 0.154. The first-order valence-electron chi connectivity index (χ1n) is 6.91. The first-order valence-corrected chi connectivity index (χ1v) is 6.91. The fraction of sp³-hybridized carbons (Fsp3) is 1.00. The summed E-state index contributed by atoms with van der Waals surface area (Å²) in [6.07, 6.45) is 10.1. The third-order valence-electron chi connectivity index (χ3n) is 4.56. The van der Waals surface area contributed by atoms with E-state index >= 15 is 0 Å². The van der Waals surface area contributed by atoms with Crippen LogP contribution >= 0.6 is 0 Å². The molecule has 1 saturated carbocycles. The van der Waals surface area contributed by atoms with Crippen LogP contribution in [0.5, 0.6) is 0 Å². The van der Waals surface area contributed by atoms with E-state index in [9.17, 15) is 0 Å². The molecular formula is C14H28B. The summed E-state index contributed by atoms with van der Waals surface area (Å²) in [7, 11) is 2.42.